The number of methoxy groups -OCH3 is 1. The number of carboxylic acid groups (broad SMARTS) is 2. The molecule has 0 fully saturated rings. The van der Waals surface area contributed by atoms with E-state index in [0.29, 0.717) is 16.9 Å². The lowest BCUT2D eigenvalue weighted by Gasteiger charge is -2.12. The van der Waals surface area contributed by atoms with E-state index in [0.717, 1.165) is 6.07 Å². The minimum Gasteiger partial charge on any atom is -0.505 e. The Hall–Kier alpha value is -6.39. The molecule has 0 heterocycles. The topological polar surface area (TPSA) is 246 Å². The van der Waals surface area contributed by atoms with Crippen molar-refractivity contribution in [3.8, 4) is 11.5 Å². The Balaban J connectivity index is 1.51. The molecule has 0 saturated heterocycles. The van der Waals surface area contributed by atoms with Gasteiger partial charge in [-0.2, -0.15) is 13.5 Å². The number of aromatic carboxylic acids is 2. The van der Waals surface area contributed by atoms with Gasteiger partial charge in [-0.3, -0.25) is 4.55 Å². The number of anilines is 3. The van der Waals surface area contributed by atoms with Crippen LogP contribution >= 0.6 is 0 Å². The Kier molecular flexibility index (Phi) is 9.04. The average molecular weight is 671 g/mol. The summed E-state index contributed by atoms with van der Waals surface area (Å²) in [5.74, 6) is -2.72. The van der Waals surface area contributed by atoms with E-state index in [2.05, 4.69) is 25.8 Å². The van der Waals surface area contributed by atoms with E-state index in [9.17, 15) is 32.8 Å². The summed E-state index contributed by atoms with van der Waals surface area (Å²) in [5, 5.41) is 49.3. The summed E-state index contributed by atoms with van der Waals surface area (Å²) in [5.41, 5.74) is 7.89. The fraction of sp³-hybridized carbons (Fsp3) is 0.0625. The largest absolute Gasteiger partial charge is 0.505 e. The zero-order valence-corrected chi connectivity index (χ0v) is 25.9. The van der Waals surface area contributed by atoms with Crippen LogP contribution in [0.15, 0.2) is 104 Å². The second kappa shape index (κ2) is 13.1. The zero-order valence-electron chi connectivity index (χ0n) is 25.1. The highest BCUT2D eigenvalue weighted by Crippen LogP contribution is 2.44. The standard InChI is InChI=1S/C32H26N6O9S/c1-16-9-19(32(42)43)11-22(10-16)35-36-25-15-27(47-2)26(14-24(25)33)37-38-29-28(48(44,45)46)12-18-5-8-21(13-23(18)30(29)39)34-20-6-3-17(4-7-20)31(40)41/h3-15,34,39H,33H2,1-2H3,(H,40,41)(H,42,43)(H,44,45,46). The van der Waals surface area contributed by atoms with Crippen LogP contribution in [0.3, 0.4) is 0 Å². The van der Waals surface area contributed by atoms with Crippen LogP contribution in [0.2, 0.25) is 0 Å². The van der Waals surface area contributed by atoms with Gasteiger partial charge in [-0.15, -0.1) is 15.3 Å². The number of nitrogens with two attached hydrogens (primary N) is 1. The number of fused-ring (bicyclic) bond motifs is 1. The summed E-state index contributed by atoms with van der Waals surface area (Å²) in [4.78, 5) is 21.8. The van der Waals surface area contributed by atoms with Gasteiger partial charge >= 0.3 is 11.9 Å². The number of phenols is 1. The van der Waals surface area contributed by atoms with Crippen molar-refractivity contribution in [3.05, 3.63) is 95.6 Å². The van der Waals surface area contributed by atoms with Gasteiger partial charge in [-0.25, -0.2) is 9.59 Å². The molecule has 16 heteroatoms. The molecule has 0 radical (unpaired) electrons. The maximum Gasteiger partial charge on any atom is 0.335 e. The normalized spacial score (nSPS) is 11.7. The lowest BCUT2D eigenvalue weighted by Crippen LogP contribution is -1.99. The Morgan fingerprint density at radius 2 is 1.46 bits per heavy atom. The third-order valence-electron chi connectivity index (χ3n) is 6.92. The van der Waals surface area contributed by atoms with Gasteiger partial charge < -0.3 is 31.1 Å². The lowest BCUT2D eigenvalue weighted by molar-refractivity contribution is 0.0686. The van der Waals surface area contributed by atoms with E-state index in [1.807, 2.05) is 0 Å². The van der Waals surface area contributed by atoms with Gasteiger partial charge in [-0.1, -0.05) is 6.07 Å². The summed E-state index contributed by atoms with van der Waals surface area (Å²) in [6, 6.07) is 18.8. The molecule has 7 N–H and O–H groups in total. The van der Waals surface area contributed by atoms with Crippen LogP contribution in [0.1, 0.15) is 26.3 Å². The van der Waals surface area contributed by atoms with E-state index in [1.165, 1.54) is 55.6 Å². The summed E-state index contributed by atoms with van der Waals surface area (Å²) in [7, 11) is -3.57. The molecule has 0 bridgehead atoms. The van der Waals surface area contributed by atoms with E-state index in [4.69, 9.17) is 15.6 Å². The predicted molar refractivity (Wildman–Crippen MR) is 176 cm³/mol. The maximum absolute atomic E-state index is 12.3. The predicted octanol–water partition coefficient (Wildman–Crippen LogP) is 7.66. The van der Waals surface area contributed by atoms with Gasteiger partial charge in [0.25, 0.3) is 10.1 Å². The summed E-state index contributed by atoms with van der Waals surface area (Å²) in [6.07, 6.45) is 0. The van der Waals surface area contributed by atoms with Gasteiger partial charge in [0.2, 0.25) is 0 Å². The van der Waals surface area contributed by atoms with Crippen molar-refractivity contribution in [2.75, 3.05) is 18.2 Å². The third kappa shape index (κ3) is 7.19. The van der Waals surface area contributed by atoms with Crippen LogP contribution in [0, 0.1) is 6.92 Å². The number of hydrogen-bond acceptors (Lipinski definition) is 12. The monoisotopic (exact) mass is 670 g/mol. The highest BCUT2D eigenvalue weighted by molar-refractivity contribution is 7.86. The smallest absolute Gasteiger partial charge is 0.335 e. The Labute approximate surface area is 272 Å². The molecule has 0 unspecified atom stereocenters. The number of phenolic OH excluding ortho intramolecular Hbond substituents is 1. The molecule has 0 amide bonds. The van der Waals surface area contributed by atoms with Crippen molar-refractivity contribution in [3.63, 3.8) is 0 Å². The summed E-state index contributed by atoms with van der Waals surface area (Å²) < 4.78 is 40.0. The number of ether oxygens (including phenoxy) is 1. The molecular weight excluding hydrogens is 644 g/mol. The quantitative estimate of drug-likeness (QED) is 0.0478. The van der Waals surface area contributed by atoms with Gasteiger partial charge in [0, 0.05) is 22.8 Å². The SMILES string of the molecule is COc1cc(N=Nc2cc(C)cc(C(=O)O)c2)c(N)cc1N=Nc1c(S(=O)(=O)O)cc2ccc(Nc3ccc(C(=O)O)cc3)cc2c1O. The van der Waals surface area contributed by atoms with Gasteiger partial charge in [0.1, 0.15) is 27.7 Å². The molecule has 15 nitrogen and oxygen atoms in total. The van der Waals surface area contributed by atoms with E-state index < -0.39 is 38.4 Å². The summed E-state index contributed by atoms with van der Waals surface area (Å²) >= 11 is 0. The number of benzene rings is 5. The summed E-state index contributed by atoms with van der Waals surface area (Å²) in [6.45, 7) is 1.71. The molecule has 0 aliphatic heterocycles. The molecule has 244 valence electrons. The minimum absolute atomic E-state index is 0.0127. The number of rotatable bonds is 10. The van der Waals surface area contributed by atoms with Crippen molar-refractivity contribution in [1.29, 1.82) is 0 Å². The highest BCUT2D eigenvalue weighted by atomic mass is 32.2. The average Bonchev–Trinajstić information content (AvgIpc) is 3.03. The number of aryl methyl sites for hydroxylation is 1. The third-order valence-corrected chi connectivity index (χ3v) is 7.79. The first-order chi connectivity index (χ1) is 22.7. The van der Waals surface area contributed by atoms with Crippen LogP contribution in [0.4, 0.5) is 39.8 Å². The molecule has 5 aromatic rings. The molecule has 0 aliphatic carbocycles. The minimum atomic E-state index is -4.89. The van der Waals surface area contributed by atoms with Crippen LogP contribution in [0.25, 0.3) is 10.8 Å². The number of nitrogens with one attached hydrogen (secondary N) is 1. The molecule has 0 atom stereocenters. The van der Waals surface area contributed by atoms with Crippen molar-refractivity contribution in [1.82, 2.24) is 0 Å². The fourth-order valence-electron chi connectivity index (χ4n) is 4.64. The van der Waals surface area contributed by atoms with E-state index in [1.54, 1.807) is 31.2 Å². The molecule has 0 aromatic heterocycles. The number of carboxylic acids is 2. The molecule has 48 heavy (non-hydrogen) atoms. The molecule has 0 aliphatic rings. The number of nitrogens with zero attached hydrogens (tertiary/aromatic N) is 4. The molecule has 5 rings (SSSR count). The van der Waals surface area contributed by atoms with Crippen LogP contribution in [-0.4, -0.2) is 47.3 Å². The second-order valence-electron chi connectivity index (χ2n) is 10.3. The molecule has 5 aromatic carbocycles. The van der Waals surface area contributed by atoms with Crippen LogP contribution < -0.4 is 15.8 Å². The second-order valence-corrected chi connectivity index (χ2v) is 11.7. The van der Waals surface area contributed by atoms with Gasteiger partial charge in [-0.05, 0) is 84.6 Å². The fourth-order valence-corrected chi connectivity index (χ4v) is 5.29. The number of aromatic hydroxyl groups is 1. The van der Waals surface area contributed by atoms with Crippen LogP contribution in [0.5, 0.6) is 11.5 Å². The number of nitrogen functional groups attached to an aromatic ring is 1. The first kappa shape index (κ1) is 33.0. The van der Waals surface area contributed by atoms with E-state index in [-0.39, 0.29) is 50.4 Å². The number of azo groups is 2. The maximum atomic E-state index is 12.3. The molecule has 0 saturated carbocycles. The zero-order chi connectivity index (χ0) is 34.7. The number of hydrogen-bond donors (Lipinski definition) is 6. The number of carbonyl (C=O) groups is 2. The van der Waals surface area contributed by atoms with Gasteiger partial charge in [0.15, 0.2) is 5.75 Å². The Morgan fingerprint density at radius 3 is 2.10 bits per heavy atom. The van der Waals surface area contributed by atoms with Crippen molar-refractivity contribution < 1.29 is 42.6 Å². The van der Waals surface area contributed by atoms with Gasteiger partial charge in [0.05, 0.1) is 29.6 Å². The van der Waals surface area contributed by atoms with Crippen LogP contribution in [-0.2, 0) is 10.1 Å². The van der Waals surface area contributed by atoms with Crippen molar-refractivity contribution in [2.24, 2.45) is 20.5 Å². The first-order valence-electron chi connectivity index (χ1n) is 13.8. The molecule has 0 spiro atoms. The Bertz CT molecular complexity index is 2270. The lowest BCUT2D eigenvalue weighted by atomic mass is 10.1. The van der Waals surface area contributed by atoms with Crippen molar-refractivity contribution >= 4 is 72.6 Å². The molecular formula is C32H26N6O9S. The van der Waals surface area contributed by atoms with Crippen molar-refractivity contribution in [2.45, 2.75) is 11.8 Å². The highest BCUT2D eigenvalue weighted by Gasteiger charge is 2.23. The first-order valence-corrected chi connectivity index (χ1v) is 15.2. The van der Waals surface area contributed by atoms with E-state index >= 15 is 0 Å². The Morgan fingerprint density at radius 1 is 0.792 bits per heavy atom.